The predicted molar refractivity (Wildman–Crippen MR) is 65.2 cm³/mol. The van der Waals surface area contributed by atoms with Crippen LogP contribution in [0.5, 0.6) is 0 Å². The van der Waals surface area contributed by atoms with Crippen LogP contribution in [0.1, 0.15) is 16.9 Å². The SMILES string of the molecule is N#CCCNC(=O)CSc1ccnc(C(=O)O)c1. The van der Waals surface area contributed by atoms with Gasteiger partial charge in [-0.3, -0.25) is 4.79 Å². The van der Waals surface area contributed by atoms with Gasteiger partial charge >= 0.3 is 5.97 Å². The van der Waals surface area contributed by atoms with Crippen molar-refractivity contribution in [2.75, 3.05) is 12.3 Å². The smallest absolute Gasteiger partial charge is 0.354 e. The fourth-order valence-electron chi connectivity index (χ4n) is 1.08. The standard InChI is InChI=1S/C11H11N3O3S/c12-3-1-4-14-10(15)7-18-8-2-5-13-9(6-8)11(16)17/h2,5-6H,1,4,7H2,(H,14,15)(H,16,17). The number of nitriles is 1. The van der Waals surface area contributed by atoms with Crippen LogP contribution in [0.15, 0.2) is 23.2 Å². The van der Waals surface area contributed by atoms with Crippen LogP contribution in [-0.4, -0.2) is 34.3 Å². The molecule has 0 aliphatic rings. The minimum atomic E-state index is -1.10. The molecule has 1 rings (SSSR count). The van der Waals surface area contributed by atoms with Crippen molar-refractivity contribution >= 4 is 23.6 Å². The Morgan fingerprint density at radius 2 is 2.33 bits per heavy atom. The molecule has 0 atom stereocenters. The lowest BCUT2D eigenvalue weighted by molar-refractivity contribution is -0.118. The number of hydrogen-bond acceptors (Lipinski definition) is 5. The fraction of sp³-hybridized carbons (Fsp3) is 0.273. The van der Waals surface area contributed by atoms with E-state index in [1.54, 1.807) is 6.07 Å². The van der Waals surface area contributed by atoms with Crippen LogP contribution in [-0.2, 0) is 4.79 Å². The summed E-state index contributed by atoms with van der Waals surface area (Å²) >= 11 is 1.22. The van der Waals surface area contributed by atoms with Gasteiger partial charge in [0, 0.05) is 17.6 Å². The highest BCUT2D eigenvalue weighted by molar-refractivity contribution is 8.00. The Kier molecular flexibility index (Phi) is 5.67. The molecule has 0 unspecified atom stereocenters. The van der Waals surface area contributed by atoms with E-state index < -0.39 is 5.97 Å². The number of thioether (sulfide) groups is 1. The van der Waals surface area contributed by atoms with Gasteiger partial charge in [-0.15, -0.1) is 11.8 Å². The maximum Gasteiger partial charge on any atom is 0.354 e. The Labute approximate surface area is 108 Å². The average Bonchev–Trinajstić information content (AvgIpc) is 2.37. The summed E-state index contributed by atoms with van der Waals surface area (Å²) < 4.78 is 0. The number of carboxylic acids is 1. The molecule has 0 spiro atoms. The van der Waals surface area contributed by atoms with Gasteiger partial charge in [-0.05, 0) is 12.1 Å². The lowest BCUT2D eigenvalue weighted by Crippen LogP contribution is -2.25. The van der Waals surface area contributed by atoms with Crippen LogP contribution in [0.2, 0.25) is 0 Å². The van der Waals surface area contributed by atoms with Gasteiger partial charge < -0.3 is 10.4 Å². The molecule has 0 aromatic carbocycles. The number of aromatic nitrogens is 1. The fourth-order valence-corrected chi connectivity index (χ4v) is 1.83. The Bertz CT molecular complexity index is 485. The first-order valence-electron chi connectivity index (χ1n) is 5.09. The van der Waals surface area contributed by atoms with Gasteiger partial charge in [0.15, 0.2) is 0 Å². The lowest BCUT2D eigenvalue weighted by Gasteiger charge is -2.03. The third-order valence-electron chi connectivity index (χ3n) is 1.88. The molecule has 0 aliphatic heterocycles. The summed E-state index contributed by atoms with van der Waals surface area (Å²) in [7, 11) is 0. The highest BCUT2D eigenvalue weighted by Gasteiger charge is 2.07. The molecule has 0 radical (unpaired) electrons. The van der Waals surface area contributed by atoms with Crippen molar-refractivity contribution in [2.45, 2.75) is 11.3 Å². The molecule has 1 amide bonds. The van der Waals surface area contributed by atoms with Crippen molar-refractivity contribution in [1.29, 1.82) is 5.26 Å². The molecule has 0 fully saturated rings. The molecule has 18 heavy (non-hydrogen) atoms. The highest BCUT2D eigenvalue weighted by atomic mass is 32.2. The first-order valence-corrected chi connectivity index (χ1v) is 6.08. The van der Waals surface area contributed by atoms with E-state index in [0.29, 0.717) is 11.4 Å². The molecular formula is C11H11N3O3S. The Balaban J connectivity index is 2.44. The monoisotopic (exact) mass is 265 g/mol. The number of amides is 1. The summed E-state index contributed by atoms with van der Waals surface area (Å²) in [6.45, 7) is 0.326. The van der Waals surface area contributed by atoms with E-state index in [0.717, 1.165) is 0 Å². The minimum absolute atomic E-state index is 0.0510. The van der Waals surface area contributed by atoms with Crippen molar-refractivity contribution in [1.82, 2.24) is 10.3 Å². The topological polar surface area (TPSA) is 103 Å². The second-order valence-electron chi connectivity index (χ2n) is 3.23. The number of pyridine rings is 1. The number of carboxylic acid groups (broad SMARTS) is 1. The zero-order valence-corrected chi connectivity index (χ0v) is 10.2. The van der Waals surface area contributed by atoms with Gasteiger partial charge in [0.05, 0.1) is 18.2 Å². The molecule has 0 saturated heterocycles. The van der Waals surface area contributed by atoms with Crippen LogP contribution in [0, 0.1) is 11.3 Å². The van der Waals surface area contributed by atoms with Gasteiger partial charge in [0.2, 0.25) is 5.91 Å². The van der Waals surface area contributed by atoms with Crippen LogP contribution in [0.25, 0.3) is 0 Å². The maximum absolute atomic E-state index is 11.3. The molecule has 1 aromatic heterocycles. The number of nitrogens with zero attached hydrogens (tertiary/aromatic N) is 2. The molecule has 1 aromatic rings. The molecule has 94 valence electrons. The highest BCUT2D eigenvalue weighted by Crippen LogP contribution is 2.17. The molecule has 0 aliphatic carbocycles. The van der Waals surface area contributed by atoms with E-state index >= 15 is 0 Å². The summed E-state index contributed by atoms with van der Waals surface area (Å²) in [6, 6.07) is 4.97. The molecule has 6 nitrogen and oxygen atoms in total. The van der Waals surface area contributed by atoms with Crippen LogP contribution in [0.4, 0.5) is 0 Å². The summed E-state index contributed by atoms with van der Waals surface area (Å²) in [5.74, 6) is -1.12. The van der Waals surface area contributed by atoms with Gasteiger partial charge in [0.25, 0.3) is 0 Å². The molecule has 7 heteroatoms. The number of hydrogen-bond donors (Lipinski definition) is 2. The number of nitrogens with one attached hydrogen (secondary N) is 1. The molecule has 1 heterocycles. The van der Waals surface area contributed by atoms with E-state index in [-0.39, 0.29) is 23.8 Å². The normalized spacial score (nSPS) is 9.50. The van der Waals surface area contributed by atoms with Crippen molar-refractivity contribution in [3.8, 4) is 6.07 Å². The summed E-state index contributed by atoms with van der Waals surface area (Å²) in [5.41, 5.74) is -0.0510. The largest absolute Gasteiger partial charge is 0.477 e. The second kappa shape index (κ2) is 7.29. The number of rotatable bonds is 6. The number of aromatic carboxylic acids is 1. The van der Waals surface area contributed by atoms with Gasteiger partial charge in [-0.25, -0.2) is 9.78 Å². The van der Waals surface area contributed by atoms with Gasteiger partial charge in [0.1, 0.15) is 5.69 Å². The Hall–Kier alpha value is -2.07. The minimum Gasteiger partial charge on any atom is -0.477 e. The number of carbonyl (C=O) groups excluding carboxylic acids is 1. The third kappa shape index (κ3) is 4.84. The summed E-state index contributed by atoms with van der Waals surface area (Å²) in [5, 5.41) is 19.6. The Morgan fingerprint density at radius 1 is 1.56 bits per heavy atom. The first kappa shape index (κ1) is 14.0. The maximum atomic E-state index is 11.3. The van der Waals surface area contributed by atoms with E-state index in [1.807, 2.05) is 6.07 Å². The zero-order valence-electron chi connectivity index (χ0n) is 9.42. The van der Waals surface area contributed by atoms with Crippen molar-refractivity contribution in [2.24, 2.45) is 0 Å². The molecule has 0 bridgehead atoms. The van der Waals surface area contributed by atoms with Crippen LogP contribution in [0.3, 0.4) is 0 Å². The zero-order chi connectivity index (χ0) is 13.4. The van der Waals surface area contributed by atoms with Crippen LogP contribution >= 0.6 is 11.8 Å². The first-order chi connectivity index (χ1) is 8.63. The average molecular weight is 265 g/mol. The van der Waals surface area contributed by atoms with E-state index in [2.05, 4.69) is 10.3 Å². The number of carbonyl (C=O) groups is 2. The van der Waals surface area contributed by atoms with E-state index in [1.165, 1.54) is 24.0 Å². The second-order valence-corrected chi connectivity index (χ2v) is 4.28. The molecule has 2 N–H and O–H groups in total. The van der Waals surface area contributed by atoms with E-state index in [4.69, 9.17) is 10.4 Å². The predicted octanol–water partition coefficient (Wildman–Crippen LogP) is 0.902. The van der Waals surface area contributed by atoms with Crippen molar-refractivity contribution < 1.29 is 14.7 Å². The summed E-state index contributed by atoms with van der Waals surface area (Å²) in [6.07, 6.45) is 1.66. The van der Waals surface area contributed by atoms with Gasteiger partial charge in [-0.1, -0.05) is 0 Å². The van der Waals surface area contributed by atoms with Crippen molar-refractivity contribution in [3.05, 3.63) is 24.0 Å². The molecule has 0 saturated carbocycles. The van der Waals surface area contributed by atoms with E-state index in [9.17, 15) is 9.59 Å². The van der Waals surface area contributed by atoms with Crippen LogP contribution < -0.4 is 5.32 Å². The third-order valence-corrected chi connectivity index (χ3v) is 2.87. The Morgan fingerprint density at radius 3 is 3.00 bits per heavy atom. The molecular weight excluding hydrogens is 254 g/mol. The lowest BCUT2D eigenvalue weighted by atomic mass is 10.3. The summed E-state index contributed by atoms with van der Waals surface area (Å²) in [4.78, 5) is 26.4. The van der Waals surface area contributed by atoms with Gasteiger partial charge in [-0.2, -0.15) is 5.26 Å². The quantitative estimate of drug-likeness (QED) is 0.585. The van der Waals surface area contributed by atoms with Crippen molar-refractivity contribution in [3.63, 3.8) is 0 Å².